The highest BCUT2D eigenvalue weighted by molar-refractivity contribution is 5.48. The van der Waals surface area contributed by atoms with Crippen LogP contribution in [0.5, 0.6) is 11.5 Å². The minimum absolute atomic E-state index is 0.0423. The van der Waals surface area contributed by atoms with Gasteiger partial charge in [-0.15, -0.1) is 0 Å². The first-order valence-electron chi connectivity index (χ1n) is 13.9. The fraction of sp³-hybridized carbons (Fsp3) is 0.625. The summed E-state index contributed by atoms with van der Waals surface area (Å²) in [4.78, 5) is 0. The zero-order chi connectivity index (χ0) is 25.3. The number of rotatable bonds is 10. The van der Waals surface area contributed by atoms with Crippen molar-refractivity contribution in [1.29, 1.82) is 0 Å². The van der Waals surface area contributed by atoms with E-state index in [1.807, 2.05) is 0 Å². The molecule has 1 saturated carbocycles. The number of ether oxygens (including phenoxy) is 4. The summed E-state index contributed by atoms with van der Waals surface area (Å²) in [6.45, 7) is 14.7. The first-order valence-corrected chi connectivity index (χ1v) is 13.9. The largest absolute Gasteiger partial charge is 0.491 e. The van der Waals surface area contributed by atoms with Crippen LogP contribution in [0.2, 0.25) is 0 Å². The predicted octanol–water partition coefficient (Wildman–Crippen LogP) is 7.40. The van der Waals surface area contributed by atoms with Crippen LogP contribution in [0.3, 0.4) is 0 Å². The van der Waals surface area contributed by atoms with E-state index in [4.69, 9.17) is 18.9 Å². The van der Waals surface area contributed by atoms with Gasteiger partial charge < -0.3 is 18.9 Å². The number of epoxide rings is 2. The van der Waals surface area contributed by atoms with Gasteiger partial charge in [0.1, 0.15) is 36.9 Å². The molecule has 5 rings (SSSR count). The maximum Gasteiger partial charge on any atom is 0.126 e. The van der Waals surface area contributed by atoms with Gasteiger partial charge in [-0.1, -0.05) is 65.0 Å². The van der Waals surface area contributed by atoms with Crippen LogP contribution in [0.15, 0.2) is 42.5 Å². The van der Waals surface area contributed by atoms with Gasteiger partial charge in [-0.25, -0.2) is 0 Å². The maximum absolute atomic E-state index is 6.57. The minimum atomic E-state index is 0.0423. The smallest absolute Gasteiger partial charge is 0.126 e. The van der Waals surface area contributed by atoms with E-state index in [1.165, 1.54) is 42.4 Å². The molecule has 36 heavy (non-hydrogen) atoms. The number of hydrogen-bond donors (Lipinski definition) is 0. The lowest BCUT2D eigenvalue weighted by Crippen LogP contribution is -2.26. The standard InChI is InChI=1S/C32H44O4/c1-31(2,3)21-32(4,5)29-8-6-7-28(30(29)36-20-27-19-35-27)24-11-9-22(10-12-24)23-13-15-25(16-14-23)33-17-26-18-34-26/h6-8,13-16,22,24,26-27H,9-12,17-21H2,1-5H3. The average Bonchev–Trinajstić information content (AvgIpc) is 3.75. The lowest BCUT2D eigenvalue weighted by molar-refractivity contribution is 0.240. The van der Waals surface area contributed by atoms with Crippen molar-refractivity contribution >= 4 is 0 Å². The molecule has 2 aromatic carbocycles. The predicted molar refractivity (Wildman–Crippen MR) is 144 cm³/mol. The van der Waals surface area contributed by atoms with E-state index in [1.54, 1.807) is 0 Å². The fourth-order valence-corrected chi connectivity index (χ4v) is 6.26. The summed E-state index contributed by atoms with van der Waals surface area (Å²) in [6, 6.07) is 15.6. The SMILES string of the molecule is CC(C)(C)CC(C)(C)c1cccc(C2CCC(c3ccc(OCC4CO4)cc3)CC2)c1OCC1CO1. The van der Waals surface area contributed by atoms with Crippen LogP contribution in [-0.4, -0.2) is 38.6 Å². The zero-order valence-corrected chi connectivity index (χ0v) is 22.8. The molecule has 2 aliphatic heterocycles. The Hall–Kier alpha value is -2.04. The summed E-state index contributed by atoms with van der Waals surface area (Å²) in [6.07, 6.45) is 6.48. The average molecular weight is 493 g/mol. The topological polar surface area (TPSA) is 43.5 Å². The van der Waals surface area contributed by atoms with Crippen LogP contribution in [0.4, 0.5) is 0 Å². The Morgan fingerprint density at radius 1 is 0.750 bits per heavy atom. The first-order chi connectivity index (χ1) is 17.2. The van der Waals surface area contributed by atoms with Crippen molar-refractivity contribution in [3.8, 4) is 11.5 Å². The molecule has 2 atom stereocenters. The van der Waals surface area contributed by atoms with E-state index in [0.29, 0.717) is 31.2 Å². The van der Waals surface area contributed by atoms with Crippen molar-refractivity contribution in [2.45, 2.75) is 96.2 Å². The summed E-state index contributed by atoms with van der Waals surface area (Å²) in [5, 5.41) is 0. The second-order valence-corrected chi connectivity index (χ2v) is 13.0. The van der Waals surface area contributed by atoms with Crippen LogP contribution in [0.1, 0.15) is 95.2 Å². The Labute approximate surface area is 217 Å². The van der Waals surface area contributed by atoms with Gasteiger partial charge in [0.15, 0.2) is 0 Å². The molecule has 3 aliphatic rings. The van der Waals surface area contributed by atoms with Crippen molar-refractivity contribution in [2.75, 3.05) is 26.4 Å². The summed E-state index contributed by atoms with van der Waals surface area (Å²) in [5.41, 5.74) is 4.48. The Bertz CT molecular complexity index is 1000. The highest BCUT2D eigenvalue weighted by Crippen LogP contribution is 2.48. The van der Waals surface area contributed by atoms with Gasteiger partial charge in [0.25, 0.3) is 0 Å². The van der Waals surface area contributed by atoms with Crippen molar-refractivity contribution < 1.29 is 18.9 Å². The molecular formula is C32H44O4. The molecule has 0 bridgehead atoms. The van der Waals surface area contributed by atoms with Crippen LogP contribution in [0, 0.1) is 5.41 Å². The van der Waals surface area contributed by atoms with Gasteiger partial charge in [-0.05, 0) is 78.0 Å². The third-order valence-electron chi connectivity index (χ3n) is 7.92. The summed E-state index contributed by atoms with van der Waals surface area (Å²) in [5.74, 6) is 3.24. The van der Waals surface area contributed by atoms with Gasteiger partial charge >= 0.3 is 0 Å². The Morgan fingerprint density at radius 2 is 1.33 bits per heavy atom. The molecule has 4 heteroatoms. The van der Waals surface area contributed by atoms with E-state index in [2.05, 4.69) is 77.1 Å². The Balaban J connectivity index is 1.28. The van der Waals surface area contributed by atoms with E-state index in [9.17, 15) is 0 Å². The van der Waals surface area contributed by atoms with Crippen molar-refractivity contribution in [3.63, 3.8) is 0 Å². The molecule has 1 aliphatic carbocycles. The minimum Gasteiger partial charge on any atom is -0.491 e. The second kappa shape index (κ2) is 10.4. The molecule has 3 fully saturated rings. The van der Waals surface area contributed by atoms with Crippen LogP contribution >= 0.6 is 0 Å². The second-order valence-electron chi connectivity index (χ2n) is 13.0. The molecule has 0 aromatic heterocycles. The van der Waals surface area contributed by atoms with Crippen LogP contribution in [-0.2, 0) is 14.9 Å². The van der Waals surface area contributed by atoms with Gasteiger partial charge in [0.05, 0.1) is 13.2 Å². The van der Waals surface area contributed by atoms with Crippen molar-refractivity contribution in [3.05, 3.63) is 59.2 Å². The maximum atomic E-state index is 6.57. The first kappa shape index (κ1) is 25.6. The molecule has 2 saturated heterocycles. The Kier molecular flexibility index (Phi) is 7.38. The third-order valence-corrected chi connectivity index (χ3v) is 7.92. The number of benzene rings is 2. The fourth-order valence-electron chi connectivity index (χ4n) is 6.26. The molecule has 0 amide bonds. The highest BCUT2D eigenvalue weighted by Gasteiger charge is 2.34. The van der Waals surface area contributed by atoms with Crippen LogP contribution < -0.4 is 9.47 Å². The molecule has 196 valence electrons. The van der Waals surface area contributed by atoms with E-state index >= 15 is 0 Å². The van der Waals surface area contributed by atoms with E-state index < -0.39 is 0 Å². The molecule has 2 unspecified atom stereocenters. The normalized spacial score (nSPS) is 25.9. The quantitative estimate of drug-likeness (QED) is 0.324. The molecular weight excluding hydrogens is 448 g/mol. The lowest BCUT2D eigenvalue weighted by Gasteiger charge is -2.36. The van der Waals surface area contributed by atoms with E-state index in [-0.39, 0.29) is 16.9 Å². The number of para-hydroxylation sites is 1. The monoisotopic (exact) mass is 492 g/mol. The third kappa shape index (κ3) is 6.63. The van der Waals surface area contributed by atoms with E-state index in [0.717, 1.165) is 31.1 Å². The molecule has 0 radical (unpaired) electrons. The molecule has 4 nitrogen and oxygen atoms in total. The van der Waals surface area contributed by atoms with Crippen LogP contribution in [0.25, 0.3) is 0 Å². The lowest BCUT2D eigenvalue weighted by atomic mass is 9.70. The van der Waals surface area contributed by atoms with Gasteiger partial charge in [0.2, 0.25) is 0 Å². The van der Waals surface area contributed by atoms with Gasteiger partial charge in [-0.3, -0.25) is 0 Å². The van der Waals surface area contributed by atoms with Gasteiger partial charge in [-0.2, -0.15) is 0 Å². The molecule has 2 heterocycles. The summed E-state index contributed by atoms with van der Waals surface area (Å²) in [7, 11) is 0. The molecule has 0 N–H and O–H groups in total. The van der Waals surface area contributed by atoms with Crippen molar-refractivity contribution in [1.82, 2.24) is 0 Å². The van der Waals surface area contributed by atoms with Crippen molar-refractivity contribution in [2.24, 2.45) is 5.41 Å². The molecule has 0 spiro atoms. The Morgan fingerprint density at radius 3 is 1.92 bits per heavy atom. The highest BCUT2D eigenvalue weighted by atomic mass is 16.6. The summed E-state index contributed by atoms with van der Waals surface area (Å²) >= 11 is 0. The van der Waals surface area contributed by atoms with Gasteiger partial charge in [0, 0.05) is 5.56 Å². The molecule has 2 aromatic rings. The zero-order valence-electron chi connectivity index (χ0n) is 22.8. The summed E-state index contributed by atoms with van der Waals surface area (Å²) < 4.78 is 23.1. The number of hydrogen-bond acceptors (Lipinski definition) is 4.